The maximum atomic E-state index is 14.0. The highest BCUT2D eigenvalue weighted by atomic mass is 35.5. The molecule has 5 nitrogen and oxygen atoms in total. The summed E-state index contributed by atoms with van der Waals surface area (Å²) in [5.41, 5.74) is 0.951. The molecule has 0 saturated heterocycles. The average molecular weight is 292 g/mol. The highest BCUT2D eigenvalue weighted by Crippen LogP contribution is 2.30. The van der Waals surface area contributed by atoms with Crippen molar-refractivity contribution in [2.24, 2.45) is 0 Å². The van der Waals surface area contributed by atoms with Gasteiger partial charge in [0.2, 0.25) is 5.28 Å². The van der Waals surface area contributed by atoms with Gasteiger partial charge in [-0.25, -0.2) is 14.4 Å². The molecule has 1 N–H and O–H groups in total. The molecule has 0 aliphatic carbocycles. The van der Waals surface area contributed by atoms with Gasteiger partial charge >= 0.3 is 0 Å². The van der Waals surface area contributed by atoms with Crippen LogP contribution in [-0.2, 0) is 0 Å². The summed E-state index contributed by atoms with van der Waals surface area (Å²) < 4.78 is 14.0. The first-order valence-corrected chi connectivity index (χ1v) is 6.31. The molecule has 1 aromatic carbocycles. The van der Waals surface area contributed by atoms with E-state index < -0.39 is 0 Å². The number of nitrogens with zero attached hydrogens (tertiary/aromatic N) is 4. The van der Waals surface area contributed by atoms with Crippen LogP contribution < -0.4 is 4.90 Å². The summed E-state index contributed by atoms with van der Waals surface area (Å²) in [6.07, 6.45) is 1.56. The Kier molecular flexibility index (Phi) is 3.02. The van der Waals surface area contributed by atoms with E-state index in [1.54, 1.807) is 37.2 Å². The summed E-state index contributed by atoms with van der Waals surface area (Å²) in [6, 6.07) is 5.25. The van der Waals surface area contributed by atoms with E-state index >= 15 is 0 Å². The second kappa shape index (κ2) is 4.72. The number of rotatable bonds is 2. The van der Waals surface area contributed by atoms with E-state index in [2.05, 4.69) is 20.2 Å². The summed E-state index contributed by atoms with van der Waals surface area (Å²) in [4.78, 5) is 9.66. The summed E-state index contributed by atoms with van der Waals surface area (Å²) >= 11 is 5.78. The molecule has 0 atom stereocenters. The standard InChI is InChI=1S/C13H11ClFN5/c1-7-3-4-8-11(10(7)15)18-19-12(8)20(2)9-5-6-16-13(14)17-9/h3-6H,1-2H3,(H,18,19). The molecule has 2 aromatic heterocycles. The SMILES string of the molecule is Cc1ccc2c(N(C)c3ccnc(Cl)n3)n[nH]c2c1F. The molecule has 0 bridgehead atoms. The Balaban J connectivity index is 2.13. The largest absolute Gasteiger partial charge is 0.312 e. The van der Waals surface area contributed by atoms with Crippen molar-refractivity contribution >= 4 is 34.1 Å². The zero-order valence-corrected chi connectivity index (χ0v) is 11.6. The highest BCUT2D eigenvalue weighted by Gasteiger charge is 2.16. The first kappa shape index (κ1) is 12.8. The van der Waals surface area contributed by atoms with Crippen LogP contribution in [0.3, 0.4) is 0 Å². The van der Waals surface area contributed by atoms with Crippen molar-refractivity contribution in [1.82, 2.24) is 20.2 Å². The van der Waals surface area contributed by atoms with Crippen molar-refractivity contribution in [2.45, 2.75) is 6.92 Å². The Bertz CT molecular complexity index is 786. The second-order valence-corrected chi connectivity index (χ2v) is 4.75. The number of anilines is 2. The monoisotopic (exact) mass is 291 g/mol. The summed E-state index contributed by atoms with van der Waals surface area (Å²) in [5.74, 6) is 0.864. The molecule has 3 aromatic rings. The number of aromatic nitrogens is 4. The Labute approximate surface area is 119 Å². The van der Waals surface area contributed by atoms with Crippen LogP contribution >= 0.6 is 11.6 Å². The minimum Gasteiger partial charge on any atom is -0.312 e. The van der Waals surface area contributed by atoms with E-state index in [-0.39, 0.29) is 11.1 Å². The number of hydrogen-bond acceptors (Lipinski definition) is 4. The van der Waals surface area contributed by atoms with Crippen molar-refractivity contribution in [3.05, 3.63) is 41.1 Å². The molecule has 102 valence electrons. The Morgan fingerprint density at radius 1 is 1.30 bits per heavy atom. The van der Waals surface area contributed by atoms with E-state index in [9.17, 15) is 4.39 Å². The third-order valence-electron chi connectivity index (χ3n) is 3.12. The van der Waals surface area contributed by atoms with Gasteiger partial charge in [-0.2, -0.15) is 5.10 Å². The van der Waals surface area contributed by atoms with Crippen molar-refractivity contribution in [1.29, 1.82) is 0 Å². The van der Waals surface area contributed by atoms with Crippen molar-refractivity contribution < 1.29 is 4.39 Å². The maximum Gasteiger partial charge on any atom is 0.224 e. The summed E-state index contributed by atoms with van der Waals surface area (Å²) in [5, 5.41) is 7.71. The van der Waals surface area contributed by atoms with Crippen LogP contribution in [0.1, 0.15) is 5.56 Å². The minimum absolute atomic E-state index is 0.149. The number of benzene rings is 1. The van der Waals surface area contributed by atoms with Gasteiger partial charge in [-0.15, -0.1) is 0 Å². The number of halogens is 2. The molecule has 0 aliphatic heterocycles. The lowest BCUT2D eigenvalue weighted by Gasteiger charge is -2.15. The fourth-order valence-corrected chi connectivity index (χ4v) is 2.16. The molecular weight excluding hydrogens is 281 g/mol. The first-order chi connectivity index (χ1) is 9.58. The predicted octanol–water partition coefficient (Wildman–Crippen LogP) is 3.22. The molecule has 3 rings (SSSR count). The summed E-state index contributed by atoms with van der Waals surface area (Å²) in [7, 11) is 1.78. The fraction of sp³-hybridized carbons (Fsp3) is 0.154. The Morgan fingerprint density at radius 3 is 2.85 bits per heavy atom. The Morgan fingerprint density at radius 2 is 2.10 bits per heavy atom. The van der Waals surface area contributed by atoms with Gasteiger partial charge < -0.3 is 4.90 Å². The zero-order valence-electron chi connectivity index (χ0n) is 10.9. The zero-order chi connectivity index (χ0) is 14.3. The van der Waals surface area contributed by atoms with E-state index in [0.717, 1.165) is 0 Å². The Hall–Kier alpha value is -2.21. The molecule has 2 heterocycles. The predicted molar refractivity (Wildman–Crippen MR) is 75.9 cm³/mol. The van der Waals surface area contributed by atoms with Crippen molar-refractivity contribution in [2.75, 3.05) is 11.9 Å². The third kappa shape index (κ3) is 1.98. The van der Waals surface area contributed by atoms with Crippen LogP contribution in [0.15, 0.2) is 24.4 Å². The lowest BCUT2D eigenvalue weighted by atomic mass is 10.1. The summed E-state index contributed by atoms with van der Waals surface area (Å²) in [6.45, 7) is 1.71. The van der Waals surface area contributed by atoms with Gasteiger partial charge in [-0.1, -0.05) is 6.07 Å². The van der Waals surface area contributed by atoms with Crippen molar-refractivity contribution in [3.63, 3.8) is 0 Å². The lowest BCUT2D eigenvalue weighted by molar-refractivity contribution is 0.627. The fourth-order valence-electron chi connectivity index (χ4n) is 2.02. The molecule has 0 aliphatic rings. The smallest absolute Gasteiger partial charge is 0.224 e. The number of aryl methyl sites for hydroxylation is 1. The molecule has 20 heavy (non-hydrogen) atoms. The van der Waals surface area contributed by atoms with Gasteiger partial charge in [0.25, 0.3) is 0 Å². The molecule has 0 fully saturated rings. The molecule has 0 spiro atoms. The number of hydrogen-bond donors (Lipinski definition) is 1. The first-order valence-electron chi connectivity index (χ1n) is 5.93. The van der Waals surface area contributed by atoms with Crippen molar-refractivity contribution in [3.8, 4) is 0 Å². The normalized spacial score (nSPS) is 11.0. The van der Waals surface area contributed by atoms with Crippen LogP contribution in [0.25, 0.3) is 10.9 Å². The average Bonchev–Trinajstić information content (AvgIpc) is 2.86. The molecule has 0 saturated carbocycles. The van der Waals surface area contributed by atoms with Gasteiger partial charge in [-0.05, 0) is 36.2 Å². The minimum atomic E-state index is -0.296. The molecule has 0 radical (unpaired) electrons. The molecular formula is C13H11ClFN5. The van der Waals surface area contributed by atoms with Gasteiger partial charge in [-0.3, -0.25) is 5.10 Å². The van der Waals surface area contributed by atoms with Crippen LogP contribution in [0, 0.1) is 12.7 Å². The number of nitrogens with one attached hydrogen (secondary N) is 1. The maximum absolute atomic E-state index is 14.0. The third-order valence-corrected chi connectivity index (χ3v) is 3.30. The van der Waals surface area contributed by atoms with Gasteiger partial charge in [0.15, 0.2) is 11.6 Å². The van der Waals surface area contributed by atoms with Gasteiger partial charge in [0, 0.05) is 18.6 Å². The second-order valence-electron chi connectivity index (χ2n) is 4.41. The van der Waals surface area contributed by atoms with Gasteiger partial charge in [0.05, 0.1) is 0 Å². The highest BCUT2D eigenvalue weighted by molar-refractivity contribution is 6.28. The van der Waals surface area contributed by atoms with Crippen LogP contribution in [0.4, 0.5) is 16.0 Å². The quantitative estimate of drug-likeness (QED) is 0.737. The topological polar surface area (TPSA) is 57.7 Å². The van der Waals surface area contributed by atoms with Crippen LogP contribution in [0.2, 0.25) is 5.28 Å². The molecule has 0 unspecified atom stereocenters. The molecule has 0 amide bonds. The van der Waals surface area contributed by atoms with E-state index in [0.29, 0.717) is 28.1 Å². The van der Waals surface area contributed by atoms with E-state index in [4.69, 9.17) is 11.6 Å². The number of fused-ring (bicyclic) bond motifs is 1. The van der Waals surface area contributed by atoms with Crippen LogP contribution in [0.5, 0.6) is 0 Å². The van der Waals surface area contributed by atoms with Gasteiger partial charge in [0.1, 0.15) is 11.3 Å². The number of aromatic amines is 1. The molecule has 7 heteroatoms. The van der Waals surface area contributed by atoms with Crippen LogP contribution in [-0.4, -0.2) is 27.2 Å². The van der Waals surface area contributed by atoms with E-state index in [1.165, 1.54) is 0 Å². The lowest BCUT2D eigenvalue weighted by Crippen LogP contribution is -2.12. The number of H-pyrrole nitrogens is 1. The van der Waals surface area contributed by atoms with E-state index in [1.807, 2.05) is 6.07 Å².